The van der Waals surface area contributed by atoms with Crippen molar-refractivity contribution < 1.29 is 23.5 Å². The quantitative estimate of drug-likeness (QED) is 0.528. The van der Waals surface area contributed by atoms with Crippen LogP contribution < -0.4 is 24.8 Å². The lowest BCUT2D eigenvalue weighted by molar-refractivity contribution is -0.122. The number of methoxy groups -OCH3 is 1. The minimum absolute atomic E-state index is 0.0636. The molecule has 2 N–H and O–H groups in total. The number of ether oxygens (including phenoxy) is 3. The summed E-state index contributed by atoms with van der Waals surface area (Å²) >= 11 is 0. The highest BCUT2D eigenvalue weighted by Crippen LogP contribution is 2.32. The van der Waals surface area contributed by atoms with Crippen molar-refractivity contribution in [2.45, 2.75) is 25.8 Å². The molecule has 1 saturated heterocycles. The summed E-state index contributed by atoms with van der Waals surface area (Å²) in [6, 6.07) is 15.5. The summed E-state index contributed by atoms with van der Waals surface area (Å²) in [5, 5.41) is 10.8. The molecule has 0 spiro atoms. The van der Waals surface area contributed by atoms with Gasteiger partial charge in [-0.25, -0.2) is 0 Å². The number of carbonyl (C=O) groups is 1. The summed E-state index contributed by atoms with van der Waals surface area (Å²) in [5.74, 6) is 3.69. The molecule has 1 aromatic heterocycles. The zero-order chi connectivity index (χ0) is 23.3. The standard InChI is InChI=1S/C26H29N3O5/c1-31-22-5-3-18(4-6-22)24-13-21(29-34-24)11-20-15-27-9-8-19(20)12-26(30)28-14-17-2-7-23-25(10-17)33-16-32-23/h2-7,10,13,19-20,27H,8-9,11-12,14-16H2,1H3,(H,28,30). The van der Waals surface area contributed by atoms with E-state index in [1.54, 1.807) is 7.11 Å². The predicted molar refractivity (Wildman–Crippen MR) is 126 cm³/mol. The van der Waals surface area contributed by atoms with Gasteiger partial charge in [0.15, 0.2) is 17.3 Å². The molecule has 0 aliphatic carbocycles. The molecule has 1 fully saturated rings. The largest absolute Gasteiger partial charge is 0.497 e. The van der Waals surface area contributed by atoms with Crippen molar-refractivity contribution in [3.05, 3.63) is 59.8 Å². The van der Waals surface area contributed by atoms with Gasteiger partial charge in [0, 0.05) is 24.6 Å². The van der Waals surface area contributed by atoms with Crippen molar-refractivity contribution in [3.63, 3.8) is 0 Å². The van der Waals surface area contributed by atoms with Crippen LogP contribution in [-0.4, -0.2) is 38.1 Å². The number of piperidine rings is 1. The summed E-state index contributed by atoms with van der Waals surface area (Å²) in [6.07, 6.45) is 2.23. The number of amides is 1. The Morgan fingerprint density at radius 1 is 1.12 bits per heavy atom. The van der Waals surface area contributed by atoms with Gasteiger partial charge in [-0.2, -0.15) is 0 Å². The molecule has 3 aromatic rings. The number of aromatic nitrogens is 1. The van der Waals surface area contributed by atoms with Crippen molar-refractivity contribution >= 4 is 5.91 Å². The first-order valence-corrected chi connectivity index (χ1v) is 11.6. The average molecular weight is 464 g/mol. The van der Waals surface area contributed by atoms with Gasteiger partial charge in [0.05, 0.1) is 12.8 Å². The molecular weight excluding hydrogens is 434 g/mol. The molecule has 8 heteroatoms. The highest BCUT2D eigenvalue weighted by Gasteiger charge is 2.28. The molecule has 2 aliphatic rings. The van der Waals surface area contributed by atoms with Gasteiger partial charge in [-0.05, 0) is 79.7 Å². The zero-order valence-electron chi connectivity index (χ0n) is 19.2. The lowest BCUT2D eigenvalue weighted by Crippen LogP contribution is -2.40. The van der Waals surface area contributed by atoms with E-state index >= 15 is 0 Å². The topological polar surface area (TPSA) is 94.9 Å². The molecule has 5 rings (SSSR count). The highest BCUT2D eigenvalue weighted by atomic mass is 16.7. The third kappa shape index (κ3) is 5.17. The number of nitrogens with zero attached hydrogens (tertiary/aromatic N) is 1. The van der Waals surface area contributed by atoms with E-state index in [0.29, 0.717) is 24.8 Å². The fourth-order valence-corrected chi connectivity index (χ4v) is 4.61. The molecule has 34 heavy (non-hydrogen) atoms. The van der Waals surface area contributed by atoms with Gasteiger partial charge in [0.1, 0.15) is 5.75 Å². The SMILES string of the molecule is COc1ccc(-c2cc(CC3CNCCC3CC(=O)NCc3ccc4c(c3)OCO4)no2)cc1. The van der Waals surface area contributed by atoms with E-state index in [4.69, 9.17) is 18.7 Å². The summed E-state index contributed by atoms with van der Waals surface area (Å²) in [5.41, 5.74) is 2.86. The normalized spacial score (nSPS) is 19.1. The van der Waals surface area contributed by atoms with E-state index < -0.39 is 0 Å². The van der Waals surface area contributed by atoms with Crippen LogP contribution in [0.15, 0.2) is 53.1 Å². The Morgan fingerprint density at radius 3 is 2.82 bits per heavy atom. The smallest absolute Gasteiger partial charge is 0.231 e. The van der Waals surface area contributed by atoms with Crippen LogP contribution in [0.5, 0.6) is 17.2 Å². The Labute approximate surface area is 198 Å². The molecule has 178 valence electrons. The molecule has 1 amide bonds. The first kappa shape index (κ1) is 22.3. The van der Waals surface area contributed by atoms with Crippen molar-refractivity contribution in [1.82, 2.24) is 15.8 Å². The van der Waals surface area contributed by atoms with E-state index in [0.717, 1.165) is 65.8 Å². The Balaban J connectivity index is 1.16. The van der Waals surface area contributed by atoms with Crippen molar-refractivity contribution in [1.29, 1.82) is 0 Å². The Morgan fingerprint density at radius 2 is 1.97 bits per heavy atom. The second kappa shape index (κ2) is 10.2. The van der Waals surface area contributed by atoms with E-state index in [9.17, 15) is 4.79 Å². The maximum absolute atomic E-state index is 12.7. The van der Waals surface area contributed by atoms with Gasteiger partial charge >= 0.3 is 0 Å². The van der Waals surface area contributed by atoms with Gasteiger partial charge in [0.25, 0.3) is 0 Å². The molecule has 3 heterocycles. The maximum atomic E-state index is 12.7. The van der Waals surface area contributed by atoms with E-state index in [1.165, 1.54) is 0 Å². The van der Waals surface area contributed by atoms with Crippen LogP contribution >= 0.6 is 0 Å². The van der Waals surface area contributed by atoms with Crippen LogP contribution in [0.2, 0.25) is 0 Å². The van der Waals surface area contributed by atoms with Gasteiger partial charge in [-0.15, -0.1) is 0 Å². The van der Waals surface area contributed by atoms with Gasteiger partial charge < -0.3 is 29.4 Å². The number of hydrogen-bond acceptors (Lipinski definition) is 7. The third-order valence-electron chi connectivity index (χ3n) is 6.54. The first-order valence-electron chi connectivity index (χ1n) is 11.6. The highest BCUT2D eigenvalue weighted by molar-refractivity contribution is 5.76. The van der Waals surface area contributed by atoms with Crippen LogP contribution in [0.3, 0.4) is 0 Å². The van der Waals surface area contributed by atoms with Crippen LogP contribution in [0.25, 0.3) is 11.3 Å². The van der Waals surface area contributed by atoms with Crippen LogP contribution in [0.1, 0.15) is 24.1 Å². The Hall–Kier alpha value is -3.52. The van der Waals surface area contributed by atoms with Crippen LogP contribution in [0.4, 0.5) is 0 Å². The molecule has 0 radical (unpaired) electrons. The van der Waals surface area contributed by atoms with E-state index in [2.05, 4.69) is 15.8 Å². The lowest BCUT2D eigenvalue weighted by atomic mass is 9.81. The fourth-order valence-electron chi connectivity index (χ4n) is 4.61. The third-order valence-corrected chi connectivity index (χ3v) is 6.54. The second-order valence-electron chi connectivity index (χ2n) is 8.80. The molecule has 2 aliphatic heterocycles. The number of carbonyl (C=O) groups excluding carboxylic acids is 1. The van der Waals surface area contributed by atoms with Crippen molar-refractivity contribution in [2.75, 3.05) is 27.0 Å². The molecule has 0 saturated carbocycles. The minimum atomic E-state index is 0.0636. The molecule has 2 atom stereocenters. The minimum Gasteiger partial charge on any atom is -0.497 e. The number of rotatable bonds is 8. The van der Waals surface area contributed by atoms with Crippen LogP contribution in [-0.2, 0) is 17.8 Å². The summed E-state index contributed by atoms with van der Waals surface area (Å²) < 4.78 is 21.6. The monoisotopic (exact) mass is 463 g/mol. The number of nitrogens with one attached hydrogen (secondary N) is 2. The molecule has 8 nitrogen and oxygen atoms in total. The summed E-state index contributed by atoms with van der Waals surface area (Å²) in [6.45, 7) is 2.51. The Bertz CT molecular complexity index is 1130. The first-order chi connectivity index (χ1) is 16.7. The van der Waals surface area contributed by atoms with Crippen molar-refractivity contribution in [3.8, 4) is 28.6 Å². The number of hydrogen-bond donors (Lipinski definition) is 2. The van der Waals surface area contributed by atoms with E-state index in [1.807, 2.05) is 48.5 Å². The molecule has 0 bridgehead atoms. The van der Waals surface area contributed by atoms with Gasteiger partial charge in [-0.3, -0.25) is 4.79 Å². The van der Waals surface area contributed by atoms with Crippen molar-refractivity contribution in [2.24, 2.45) is 11.8 Å². The second-order valence-corrected chi connectivity index (χ2v) is 8.80. The van der Waals surface area contributed by atoms with Gasteiger partial charge in [-0.1, -0.05) is 11.2 Å². The molecule has 2 aromatic carbocycles. The van der Waals surface area contributed by atoms with Crippen LogP contribution in [0, 0.1) is 11.8 Å². The van der Waals surface area contributed by atoms with E-state index in [-0.39, 0.29) is 12.7 Å². The maximum Gasteiger partial charge on any atom is 0.231 e. The molecule has 2 unspecified atom stereocenters. The Kier molecular flexibility index (Phi) is 6.67. The zero-order valence-corrected chi connectivity index (χ0v) is 19.2. The summed E-state index contributed by atoms with van der Waals surface area (Å²) in [4.78, 5) is 12.7. The lowest BCUT2D eigenvalue weighted by Gasteiger charge is -2.31. The number of fused-ring (bicyclic) bond motifs is 1. The van der Waals surface area contributed by atoms with Gasteiger partial charge in [0.2, 0.25) is 12.7 Å². The number of benzene rings is 2. The fraction of sp³-hybridized carbons (Fsp3) is 0.385. The summed E-state index contributed by atoms with van der Waals surface area (Å²) in [7, 11) is 1.65. The molecular formula is C26H29N3O5. The predicted octanol–water partition coefficient (Wildman–Crippen LogP) is 3.55. The average Bonchev–Trinajstić information content (AvgIpc) is 3.53.